The van der Waals surface area contributed by atoms with Gasteiger partial charge in [-0.2, -0.15) is 0 Å². The molecular formula is C26H54N3O11-. The molecule has 240 valence electrons. The summed E-state index contributed by atoms with van der Waals surface area (Å²) in [5.41, 5.74) is 5.17. The fourth-order valence-electron chi connectivity index (χ4n) is 1.69. The summed E-state index contributed by atoms with van der Waals surface area (Å²) in [6.07, 6.45) is 4.81. The second-order valence-corrected chi connectivity index (χ2v) is 8.45. The summed E-state index contributed by atoms with van der Waals surface area (Å²) in [6.45, 7) is 20.3. The maximum absolute atomic E-state index is 9.10. The fourth-order valence-corrected chi connectivity index (χ4v) is 1.69. The minimum Gasteiger partial charge on any atom is -0.539 e. The number of carboxylic acid groups (broad SMARTS) is 4. The highest BCUT2D eigenvalue weighted by Gasteiger charge is 2.13. The molecule has 1 heterocycles. The first kappa shape index (κ1) is 52.8. The van der Waals surface area contributed by atoms with Gasteiger partial charge in [0.05, 0.1) is 6.67 Å². The van der Waals surface area contributed by atoms with E-state index < -0.39 is 23.9 Å². The molecule has 0 aromatic heterocycles. The van der Waals surface area contributed by atoms with E-state index in [0.29, 0.717) is 5.92 Å². The van der Waals surface area contributed by atoms with Crippen LogP contribution in [0.3, 0.4) is 0 Å². The average Bonchev–Trinajstić information content (AvgIpc) is 3.25. The largest absolute Gasteiger partial charge is 0.539 e. The van der Waals surface area contributed by atoms with Gasteiger partial charge in [-0.15, -0.1) is 0 Å². The van der Waals surface area contributed by atoms with E-state index in [9.17, 15) is 0 Å². The minimum absolute atomic E-state index is 0. The Morgan fingerprint density at radius 1 is 0.825 bits per heavy atom. The second-order valence-electron chi connectivity index (χ2n) is 8.45. The first-order valence-corrected chi connectivity index (χ1v) is 11.6. The van der Waals surface area contributed by atoms with Crippen LogP contribution < -0.4 is 10.8 Å². The van der Waals surface area contributed by atoms with Crippen LogP contribution in [0.4, 0.5) is 0 Å². The molecule has 0 spiro atoms. The first-order chi connectivity index (χ1) is 17.5. The van der Waals surface area contributed by atoms with Crippen molar-refractivity contribution in [3.63, 3.8) is 0 Å². The van der Waals surface area contributed by atoms with E-state index in [4.69, 9.17) is 54.9 Å². The molecule has 1 aliphatic heterocycles. The molecule has 0 bridgehead atoms. The number of aliphatic carboxylic acids is 4. The predicted octanol–water partition coefficient (Wildman–Crippen LogP) is 1.23. The quantitative estimate of drug-likeness (QED) is 0.244. The Kier molecular flexibility index (Phi) is 49.7. The summed E-state index contributed by atoms with van der Waals surface area (Å²) in [5.74, 6) is -5.49. The summed E-state index contributed by atoms with van der Waals surface area (Å²) >= 11 is 0. The maximum atomic E-state index is 9.10. The van der Waals surface area contributed by atoms with Gasteiger partial charge in [0.2, 0.25) is 0 Å². The molecule has 0 fully saturated rings. The molecule has 0 aromatic carbocycles. The number of carbonyl (C=O) groups is 6. The number of nitrogens with zero attached hydrogens (tertiary/aromatic N) is 2. The third kappa shape index (κ3) is 59.5. The SMILES string of the molecule is C.C.CC(C)CN.CC(C)CN1C=CN(CC(C)C)C1.CCOC.O=C(O)C(=O)O.O=C([O-])C(=O)O.O=CC=O. The molecule has 40 heavy (non-hydrogen) atoms. The summed E-state index contributed by atoms with van der Waals surface area (Å²) in [4.78, 5) is 58.6. The van der Waals surface area contributed by atoms with Crippen molar-refractivity contribution in [1.82, 2.24) is 9.80 Å². The number of aldehydes is 2. The number of ether oxygens (including phenoxy) is 1. The molecule has 14 heteroatoms. The van der Waals surface area contributed by atoms with E-state index in [-0.39, 0.29) is 27.4 Å². The topological polar surface area (TPSA) is 228 Å². The number of rotatable bonds is 7. The highest BCUT2D eigenvalue weighted by atomic mass is 16.5. The van der Waals surface area contributed by atoms with E-state index in [0.717, 1.165) is 31.7 Å². The van der Waals surface area contributed by atoms with Gasteiger partial charge in [0.15, 0.2) is 18.5 Å². The molecule has 1 rings (SSSR count). The zero-order valence-corrected chi connectivity index (χ0v) is 23.7. The van der Waals surface area contributed by atoms with Gasteiger partial charge < -0.3 is 45.5 Å². The van der Waals surface area contributed by atoms with Crippen molar-refractivity contribution in [2.24, 2.45) is 23.5 Å². The van der Waals surface area contributed by atoms with Crippen LogP contribution in [-0.4, -0.2) is 102 Å². The molecule has 0 aliphatic carbocycles. The van der Waals surface area contributed by atoms with E-state index in [1.807, 2.05) is 6.92 Å². The van der Waals surface area contributed by atoms with Gasteiger partial charge >= 0.3 is 17.9 Å². The van der Waals surface area contributed by atoms with Crippen LogP contribution in [0, 0.1) is 17.8 Å². The summed E-state index contributed by atoms with van der Waals surface area (Å²) in [5, 5.41) is 31.1. The number of carbonyl (C=O) groups excluding carboxylic acids is 3. The van der Waals surface area contributed by atoms with Crippen LogP contribution >= 0.6 is 0 Å². The molecule has 0 amide bonds. The minimum atomic E-state index is -2.07. The molecule has 0 saturated carbocycles. The van der Waals surface area contributed by atoms with Crippen LogP contribution in [0.5, 0.6) is 0 Å². The fraction of sp³-hybridized carbons (Fsp3) is 0.692. The lowest BCUT2D eigenvalue weighted by Gasteiger charge is -2.23. The number of nitrogens with two attached hydrogens (primary N) is 1. The van der Waals surface area contributed by atoms with Crippen molar-refractivity contribution in [3.8, 4) is 0 Å². The smallest absolute Gasteiger partial charge is 0.414 e. The van der Waals surface area contributed by atoms with Crippen LogP contribution in [0.2, 0.25) is 0 Å². The number of hydrogen-bond donors (Lipinski definition) is 4. The van der Waals surface area contributed by atoms with Crippen molar-refractivity contribution in [2.45, 2.75) is 63.3 Å². The Morgan fingerprint density at radius 2 is 1.07 bits per heavy atom. The van der Waals surface area contributed by atoms with E-state index in [1.165, 1.54) is 13.1 Å². The number of methoxy groups -OCH3 is 1. The maximum Gasteiger partial charge on any atom is 0.414 e. The third-order valence-electron chi connectivity index (χ3n) is 3.22. The Balaban J connectivity index is -0.0000000697. The summed E-state index contributed by atoms with van der Waals surface area (Å²) in [6, 6.07) is 0. The summed E-state index contributed by atoms with van der Waals surface area (Å²) in [7, 11) is 1.68. The first-order valence-electron chi connectivity index (χ1n) is 11.6. The van der Waals surface area contributed by atoms with Crippen LogP contribution in [0.25, 0.3) is 0 Å². The molecule has 0 atom stereocenters. The predicted molar refractivity (Wildman–Crippen MR) is 152 cm³/mol. The highest BCUT2D eigenvalue weighted by molar-refractivity contribution is 6.27. The van der Waals surface area contributed by atoms with E-state index in [1.54, 1.807) is 7.11 Å². The lowest BCUT2D eigenvalue weighted by molar-refractivity contribution is -0.303. The number of carboxylic acids is 4. The Hall–Kier alpha value is -3.52. The van der Waals surface area contributed by atoms with Crippen molar-refractivity contribution in [3.05, 3.63) is 12.4 Å². The standard InChI is InChI=1S/C11H22N2.C4H11N.C3H8O.2C2H2O4.C2H2O2.2CH4/c1-10(2)7-12-5-6-13(9-12)8-11(3)4;1-4(2)3-5;1-3-4-2;2*3-1(4)2(5)6;3-1-2-4;;/h5-6,10-11H,7-9H2,1-4H3;4H,3,5H2,1-2H3;3H2,1-2H3;2*(H,3,4)(H,5,6);1-2H;2*1H4/p-1. The van der Waals surface area contributed by atoms with Crippen molar-refractivity contribution in [2.75, 3.05) is 40.0 Å². The zero-order chi connectivity index (χ0) is 31.3. The zero-order valence-electron chi connectivity index (χ0n) is 23.7. The van der Waals surface area contributed by atoms with Gasteiger partial charge in [0.25, 0.3) is 0 Å². The Bertz CT molecular complexity index is 594. The second kappa shape index (κ2) is 37.6. The van der Waals surface area contributed by atoms with Gasteiger partial charge in [0.1, 0.15) is 0 Å². The highest BCUT2D eigenvalue weighted by Crippen LogP contribution is 2.10. The van der Waals surface area contributed by atoms with Gasteiger partial charge in [-0.3, -0.25) is 9.59 Å². The van der Waals surface area contributed by atoms with Crippen molar-refractivity contribution < 1.29 is 53.9 Å². The Labute approximate surface area is 239 Å². The van der Waals surface area contributed by atoms with Crippen molar-refractivity contribution in [1.29, 1.82) is 0 Å². The molecule has 0 saturated heterocycles. The van der Waals surface area contributed by atoms with Crippen LogP contribution in [0.1, 0.15) is 63.3 Å². The average molecular weight is 585 g/mol. The molecule has 0 unspecified atom stereocenters. The Morgan fingerprint density at radius 3 is 1.18 bits per heavy atom. The van der Waals surface area contributed by atoms with E-state index >= 15 is 0 Å². The molecule has 14 nitrogen and oxygen atoms in total. The molecule has 5 N–H and O–H groups in total. The molecule has 0 radical (unpaired) electrons. The summed E-state index contributed by atoms with van der Waals surface area (Å²) < 4.78 is 4.54. The third-order valence-corrected chi connectivity index (χ3v) is 3.22. The van der Waals surface area contributed by atoms with E-state index in [2.05, 4.69) is 68.5 Å². The lowest BCUT2D eigenvalue weighted by atomic mass is 10.2. The van der Waals surface area contributed by atoms with Gasteiger partial charge in [0, 0.05) is 39.2 Å². The molecular weight excluding hydrogens is 530 g/mol. The van der Waals surface area contributed by atoms with Crippen molar-refractivity contribution >= 4 is 36.4 Å². The normalized spacial score (nSPS) is 10.1. The molecule has 0 aromatic rings. The molecule has 1 aliphatic rings. The van der Waals surface area contributed by atoms with Gasteiger partial charge in [-0.1, -0.05) is 56.4 Å². The van der Waals surface area contributed by atoms with Crippen LogP contribution in [0.15, 0.2) is 12.4 Å². The van der Waals surface area contributed by atoms with Gasteiger partial charge in [-0.05, 0) is 31.2 Å². The van der Waals surface area contributed by atoms with Crippen LogP contribution in [-0.2, 0) is 33.5 Å². The number of hydrogen-bond acceptors (Lipinski definition) is 11. The monoisotopic (exact) mass is 584 g/mol. The van der Waals surface area contributed by atoms with Gasteiger partial charge in [-0.25, -0.2) is 14.4 Å². The lowest BCUT2D eigenvalue weighted by Crippen LogP contribution is -2.30.